The first-order valence-corrected chi connectivity index (χ1v) is 8.56. The molecule has 0 aliphatic heterocycles. The van der Waals surface area contributed by atoms with Gasteiger partial charge in [0.25, 0.3) is 0 Å². The van der Waals surface area contributed by atoms with Crippen molar-refractivity contribution >= 4 is 33.0 Å². The molecule has 2 N–H and O–H groups in total. The van der Waals surface area contributed by atoms with E-state index in [1.165, 1.54) is 6.07 Å². The molecule has 0 unspecified atom stereocenters. The maximum absolute atomic E-state index is 12.0. The normalized spacial score (nSPS) is 19.9. The van der Waals surface area contributed by atoms with Crippen LogP contribution < -0.4 is 4.72 Å². The van der Waals surface area contributed by atoms with Gasteiger partial charge in [0.05, 0.1) is 9.94 Å². The van der Waals surface area contributed by atoms with Crippen LogP contribution in [0.5, 0.6) is 0 Å². The van der Waals surface area contributed by atoms with Gasteiger partial charge in [-0.25, -0.2) is 13.1 Å². The lowest BCUT2D eigenvalue weighted by Crippen LogP contribution is -2.44. The van der Waals surface area contributed by atoms with Crippen molar-refractivity contribution in [3.8, 4) is 0 Å². The molecular weight excluding hydrogens is 294 g/mol. The van der Waals surface area contributed by atoms with Gasteiger partial charge in [-0.05, 0) is 25.0 Å². The summed E-state index contributed by atoms with van der Waals surface area (Å²) in [6.07, 6.45) is 4.31. The summed E-state index contributed by atoms with van der Waals surface area (Å²) in [5, 5.41) is 10.2. The van der Waals surface area contributed by atoms with Gasteiger partial charge in [-0.2, -0.15) is 0 Å². The Morgan fingerprint density at radius 2 is 2.00 bits per heavy atom. The van der Waals surface area contributed by atoms with Crippen LogP contribution >= 0.6 is 22.9 Å². The van der Waals surface area contributed by atoms with Crippen LogP contribution in [0.15, 0.2) is 16.3 Å². The van der Waals surface area contributed by atoms with Crippen molar-refractivity contribution in [3.05, 3.63) is 16.5 Å². The fraction of sp³-hybridized carbons (Fsp3) is 0.636. The second kappa shape index (κ2) is 5.46. The van der Waals surface area contributed by atoms with Crippen molar-refractivity contribution in [3.63, 3.8) is 0 Å². The summed E-state index contributed by atoms with van der Waals surface area (Å²) < 4.78 is 27.0. The molecule has 1 aromatic heterocycles. The number of aliphatic hydroxyl groups is 1. The Kier molecular flexibility index (Phi) is 4.33. The molecule has 0 aromatic carbocycles. The number of halogens is 1. The molecule has 0 bridgehead atoms. The van der Waals surface area contributed by atoms with Gasteiger partial charge >= 0.3 is 0 Å². The average Bonchev–Trinajstić information content (AvgIpc) is 2.76. The molecule has 18 heavy (non-hydrogen) atoms. The van der Waals surface area contributed by atoms with E-state index in [4.69, 9.17) is 11.6 Å². The zero-order valence-corrected chi connectivity index (χ0v) is 12.2. The van der Waals surface area contributed by atoms with Crippen molar-refractivity contribution in [1.82, 2.24) is 4.72 Å². The Labute approximate surface area is 116 Å². The Bertz CT molecular complexity index is 506. The molecule has 0 saturated heterocycles. The fourth-order valence-corrected chi connectivity index (χ4v) is 4.78. The molecule has 0 atom stereocenters. The lowest BCUT2D eigenvalue weighted by atomic mass is 9.85. The summed E-state index contributed by atoms with van der Waals surface area (Å²) >= 11 is 6.73. The number of thiophene rings is 1. The first kappa shape index (κ1) is 14.3. The summed E-state index contributed by atoms with van der Waals surface area (Å²) in [6, 6.07) is 3.02. The predicted octanol–water partition coefficient (Wildman–Crippen LogP) is 2.38. The van der Waals surface area contributed by atoms with Crippen LogP contribution in [0.2, 0.25) is 4.34 Å². The molecule has 1 saturated carbocycles. The topological polar surface area (TPSA) is 66.4 Å². The Morgan fingerprint density at radius 3 is 2.56 bits per heavy atom. The molecule has 1 aliphatic rings. The van der Waals surface area contributed by atoms with Crippen molar-refractivity contribution in [1.29, 1.82) is 0 Å². The average molecular weight is 310 g/mol. The lowest BCUT2D eigenvalue weighted by molar-refractivity contribution is 0.00946. The first-order chi connectivity index (χ1) is 8.41. The van der Waals surface area contributed by atoms with E-state index in [1.54, 1.807) is 6.07 Å². The first-order valence-electron chi connectivity index (χ1n) is 5.89. The summed E-state index contributed by atoms with van der Waals surface area (Å²) in [7, 11) is -3.55. The highest BCUT2D eigenvalue weighted by molar-refractivity contribution is 7.91. The fourth-order valence-electron chi connectivity index (χ4n) is 2.13. The molecule has 102 valence electrons. The zero-order valence-electron chi connectivity index (χ0n) is 9.86. The van der Waals surface area contributed by atoms with E-state index in [0.29, 0.717) is 17.2 Å². The van der Waals surface area contributed by atoms with Gasteiger partial charge in [0.15, 0.2) is 0 Å². The molecule has 0 spiro atoms. The van der Waals surface area contributed by atoms with Gasteiger partial charge in [0.2, 0.25) is 10.0 Å². The van der Waals surface area contributed by atoms with Gasteiger partial charge in [0, 0.05) is 6.54 Å². The SMILES string of the molecule is O=S(=O)(NCC1(O)CCCCC1)c1ccc(Cl)s1. The highest BCUT2D eigenvalue weighted by atomic mass is 35.5. The maximum atomic E-state index is 12.0. The summed E-state index contributed by atoms with van der Waals surface area (Å²) in [4.78, 5) is 0. The number of nitrogens with one attached hydrogen (secondary N) is 1. The van der Waals surface area contributed by atoms with Crippen molar-refractivity contribution < 1.29 is 13.5 Å². The van der Waals surface area contributed by atoms with E-state index in [9.17, 15) is 13.5 Å². The monoisotopic (exact) mass is 309 g/mol. The molecule has 1 heterocycles. The molecule has 0 amide bonds. The zero-order chi connectivity index (χ0) is 13.2. The van der Waals surface area contributed by atoms with Crippen molar-refractivity contribution in [2.45, 2.75) is 41.9 Å². The minimum atomic E-state index is -3.55. The van der Waals surface area contributed by atoms with Crippen molar-refractivity contribution in [2.75, 3.05) is 6.54 Å². The number of hydrogen-bond acceptors (Lipinski definition) is 4. The van der Waals surface area contributed by atoms with Crippen LogP contribution in [0.3, 0.4) is 0 Å². The standard InChI is InChI=1S/C11H16ClNO3S2/c12-9-4-5-10(17-9)18(15,16)13-8-11(14)6-2-1-3-7-11/h4-5,13-14H,1-3,6-8H2. The minimum absolute atomic E-state index is 0.0743. The van der Waals surface area contributed by atoms with Crippen LogP contribution in [0.1, 0.15) is 32.1 Å². The summed E-state index contributed by atoms with van der Waals surface area (Å²) in [5.41, 5.74) is -0.896. The van der Waals surface area contributed by atoms with E-state index < -0.39 is 15.6 Å². The van der Waals surface area contributed by atoms with E-state index >= 15 is 0 Å². The molecule has 0 radical (unpaired) electrons. The van der Waals surface area contributed by atoms with E-state index in [-0.39, 0.29) is 10.8 Å². The summed E-state index contributed by atoms with van der Waals surface area (Å²) in [6.45, 7) is 0.0743. The molecular formula is C11H16ClNO3S2. The Hall–Kier alpha value is -0.140. The van der Waals surface area contributed by atoms with E-state index in [1.807, 2.05) is 0 Å². The third-order valence-electron chi connectivity index (χ3n) is 3.19. The molecule has 1 aromatic rings. The molecule has 7 heteroatoms. The second-order valence-corrected chi connectivity index (χ2v) is 8.38. The smallest absolute Gasteiger partial charge is 0.250 e. The predicted molar refractivity (Wildman–Crippen MR) is 72.6 cm³/mol. The van der Waals surface area contributed by atoms with Crippen molar-refractivity contribution in [2.24, 2.45) is 0 Å². The van der Waals surface area contributed by atoms with Crippen LogP contribution in [0, 0.1) is 0 Å². The largest absolute Gasteiger partial charge is 0.389 e. The summed E-state index contributed by atoms with van der Waals surface area (Å²) in [5.74, 6) is 0. The number of hydrogen-bond donors (Lipinski definition) is 2. The Balaban J connectivity index is 2.01. The highest BCUT2D eigenvalue weighted by Gasteiger charge is 2.31. The maximum Gasteiger partial charge on any atom is 0.250 e. The lowest BCUT2D eigenvalue weighted by Gasteiger charge is -2.31. The molecule has 4 nitrogen and oxygen atoms in total. The highest BCUT2D eigenvalue weighted by Crippen LogP contribution is 2.29. The van der Waals surface area contributed by atoms with E-state index in [2.05, 4.69) is 4.72 Å². The Morgan fingerprint density at radius 1 is 1.33 bits per heavy atom. The van der Waals surface area contributed by atoms with Gasteiger partial charge in [-0.15, -0.1) is 11.3 Å². The van der Waals surface area contributed by atoms with E-state index in [0.717, 1.165) is 30.6 Å². The third kappa shape index (κ3) is 3.45. The molecule has 1 aliphatic carbocycles. The van der Waals surface area contributed by atoms with Gasteiger partial charge < -0.3 is 5.11 Å². The molecule has 1 fully saturated rings. The quantitative estimate of drug-likeness (QED) is 0.897. The minimum Gasteiger partial charge on any atom is -0.389 e. The van der Waals surface area contributed by atoms with Crippen LogP contribution in [-0.4, -0.2) is 25.7 Å². The number of sulfonamides is 1. The van der Waals surface area contributed by atoms with Crippen LogP contribution in [0.4, 0.5) is 0 Å². The van der Waals surface area contributed by atoms with Gasteiger partial charge in [0.1, 0.15) is 4.21 Å². The van der Waals surface area contributed by atoms with Crippen LogP contribution in [0.25, 0.3) is 0 Å². The van der Waals surface area contributed by atoms with Gasteiger partial charge in [-0.3, -0.25) is 0 Å². The third-order valence-corrected chi connectivity index (χ3v) is 6.31. The van der Waals surface area contributed by atoms with Crippen LogP contribution in [-0.2, 0) is 10.0 Å². The van der Waals surface area contributed by atoms with Gasteiger partial charge in [-0.1, -0.05) is 30.9 Å². The molecule has 2 rings (SSSR count). The number of rotatable bonds is 4. The second-order valence-electron chi connectivity index (χ2n) is 4.67.